The van der Waals surface area contributed by atoms with Crippen LogP contribution in [0.3, 0.4) is 0 Å². The molecule has 0 unspecified atom stereocenters. The summed E-state index contributed by atoms with van der Waals surface area (Å²) in [6.07, 6.45) is 12.4. The number of fused-ring (bicyclic) bond motifs is 1. The van der Waals surface area contributed by atoms with Gasteiger partial charge in [0.15, 0.2) is 0 Å². The minimum absolute atomic E-state index is 0.142. The smallest absolute Gasteiger partial charge is 0.328 e. The Morgan fingerprint density at radius 2 is 1.85 bits per heavy atom. The molecular formula is C26H42N4O3. The zero-order chi connectivity index (χ0) is 23.6. The highest BCUT2D eigenvalue weighted by Crippen LogP contribution is 2.23. The number of urea groups is 1. The first-order valence-corrected chi connectivity index (χ1v) is 12.9. The van der Waals surface area contributed by atoms with Crippen molar-refractivity contribution in [3.05, 3.63) is 23.4 Å². The number of carbonyl (C=O) groups is 2. The number of methoxy groups -OCH3 is 1. The number of carbonyl (C=O) groups excluding carboxylic acids is 2. The third kappa shape index (κ3) is 7.34. The molecule has 33 heavy (non-hydrogen) atoms. The Morgan fingerprint density at radius 3 is 2.61 bits per heavy atom. The second-order valence-corrected chi connectivity index (χ2v) is 9.71. The largest absolute Gasteiger partial charge is 0.467 e. The van der Waals surface area contributed by atoms with E-state index in [-0.39, 0.29) is 24.1 Å². The van der Waals surface area contributed by atoms with Gasteiger partial charge in [-0.3, -0.25) is 0 Å². The molecule has 0 saturated carbocycles. The molecule has 2 aliphatic rings. The Balaban J connectivity index is 1.35. The summed E-state index contributed by atoms with van der Waals surface area (Å²) in [5.74, 6) is 0.718. The molecule has 3 atom stereocenters. The van der Waals surface area contributed by atoms with E-state index in [0.717, 1.165) is 82.3 Å². The van der Waals surface area contributed by atoms with Crippen LogP contribution in [0.2, 0.25) is 0 Å². The highest BCUT2D eigenvalue weighted by molar-refractivity contribution is 5.83. The number of anilines is 1. The predicted octanol–water partition coefficient (Wildman–Crippen LogP) is 4.84. The number of esters is 1. The summed E-state index contributed by atoms with van der Waals surface area (Å²) >= 11 is 0. The van der Waals surface area contributed by atoms with Gasteiger partial charge in [0.2, 0.25) is 0 Å². The zero-order valence-corrected chi connectivity index (χ0v) is 20.7. The highest BCUT2D eigenvalue weighted by atomic mass is 16.5. The van der Waals surface area contributed by atoms with Crippen molar-refractivity contribution < 1.29 is 14.3 Å². The number of aromatic nitrogens is 1. The molecule has 3 rings (SSSR count). The van der Waals surface area contributed by atoms with Crippen LogP contribution in [0.25, 0.3) is 0 Å². The number of nitrogens with zero attached hydrogens (tertiary/aromatic N) is 2. The predicted molar refractivity (Wildman–Crippen MR) is 131 cm³/mol. The first-order chi connectivity index (χ1) is 16.0. The van der Waals surface area contributed by atoms with Crippen molar-refractivity contribution in [3.63, 3.8) is 0 Å². The maximum atomic E-state index is 12.8. The number of likely N-dealkylation sites (tertiary alicyclic amines) is 1. The molecule has 0 aromatic carbocycles. The third-order valence-electron chi connectivity index (χ3n) is 7.09. The molecule has 0 spiro atoms. The topological polar surface area (TPSA) is 83.6 Å². The first kappa shape index (κ1) is 25.3. The molecule has 2 aliphatic heterocycles. The van der Waals surface area contributed by atoms with E-state index in [1.165, 1.54) is 19.1 Å². The Bertz CT molecular complexity index is 775. The van der Waals surface area contributed by atoms with Gasteiger partial charge >= 0.3 is 12.0 Å². The Kier molecular flexibility index (Phi) is 9.82. The number of ether oxygens (including phenoxy) is 1. The van der Waals surface area contributed by atoms with E-state index in [1.54, 1.807) is 0 Å². The molecule has 1 aromatic heterocycles. The Labute approximate surface area is 199 Å². The van der Waals surface area contributed by atoms with Crippen LogP contribution in [-0.4, -0.2) is 53.7 Å². The summed E-state index contributed by atoms with van der Waals surface area (Å²) < 4.78 is 4.95. The molecule has 184 valence electrons. The van der Waals surface area contributed by atoms with E-state index >= 15 is 0 Å². The fourth-order valence-electron chi connectivity index (χ4n) is 5.13. The van der Waals surface area contributed by atoms with E-state index < -0.39 is 6.04 Å². The quantitative estimate of drug-likeness (QED) is 0.387. The minimum Gasteiger partial charge on any atom is -0.467 e. The van der Waals surface area contributed by atoms with Gasteiger partial charge < -0.3 is 20.3 Å². The number of unbranched alkanes of at least 4 members (excludes halogenated alkanes) is 4. The van der Waals surface area contributed by atoms with Gasteiger partial charge in [-0.05, 0) is 76.8 Å². The first-order valence-electron chi connectivity index (χ1n) is 12.9. The average Bonchev–Trinajstić information content (AvgIpc) is 2.82. The number of hydrogen-bond donors (Lipinski definition) is 2. The van der Waals surface area contributed by atoms with Crippen LogP contribution in [0.4, 0.5) is 10.6 Å². The van der Waals surface area contributed by atoms with Gasteiger partial charge in [-0.15, -0.1) is 0 Å². The molecule has 7 heteroatoms. The van der Waals surface area contributed by atoms with Crippen molar-refractivity contribution in [2.24, 2.45) is 0 Å². The summed E-state index contributed by atoms with van der Waals surface area (Å²) in [6.45, 7) is 5.18. The van der Waals surface area contributed by atoms with Crippen LogP contribution >= 0.6 is 0 Å². The Morgan fingerprint density at radius 1 is 1.12 bits per heavy atom. The molecular weight excluding hydrogens is 416 g/mol. The van der Waals surface area contributed by atoms with Crippen molar-refractivity contribution >= 4 is 17.8 Å². The molecule has 1 aromatic rings. The summed E-state index contributed by atoms with van der Waals surface area (Å²) in [7, 11) is 1.39. The molecule has 1 saturated heterocycles. The second-order valence-electron chi connectivity index (χ2n) is 9.71. The van der Waals surface area contributed by atoms with Crippen molar-refractivity contribution in [1.82, 2.24) is 15.2 Å². The van der Waals surface area contributed by atoms with Crippen LogP contribution in [-0.2, 0) is 22.4 Å². The number of nitrogens with one attached hydrogen (secondary N) is 2. The van der Waals surface area contributed by atoms with Crippen LogP contribution < -0.4 is 10.6 Å². The molecule has 2 N–H and O–H groups in total. The average molecular weight is 459 g/mol. The summed E-state index contributed by atoms with van der Waals surface area (Å²) in [6, 6.07) is 4.07. The van der Waals surface area contributed by atoms with Gasteiger partial charge in [0.1, 0.15) is 11.9 Å². The van der Waals surface area contributed by atoms with Crippen molar-refractivity contribution in [3.8, 4) is 0 Å². The van der Waals surface area contributed by atoms with Gasteiger partial charge in [-0.25, -0.2) is 14.6 Å². The lowest BCUT2D eigenvalue weighted by molar-refractivity contribution is -0.143. The highest BCUT2D eigenvalue weighted by Gasteiger charge is 2.31. The van der Waals surface area contributed by atoms with E-state index in [2.05, 4.69) is 36.6 Å². The van der Waals surface area contributed by atoms with Gasteiger partial charge in [-0.2, -0.15) is 0 Å². The SMILES string of the molecule is COC(=O)[C@H](CCCCCCCc1ccc2c(n1)NCCC2)NC(=O)N1[C@H](C)CCC[C@@H]1C. The van der Waals surface area contributed by atoms with Crippen molar-refractivity contribution in [1.29, 1.82) is 0 Å². The van der Waals surface area contributed by atoms with Crippen molar-refractivity contribution in [2.45, 2.75) is 109 Å². The van der Waals surface area contributed by atoms with Gasteiger partial charge in [0.05, 0.1) is 7.11 Å². The molecule has 0 aliphatic carbocycles. The number of aryl methyl sites for hydroxylation is 2. The summed E-state index contributed by atoms with van der Waals surface area (Å²) in [5.41, 5.74) is 2.50. The van der Waals surface area contributed by atoms with Gasteiger partial charge in [0.25, 0.3) is 0 Å². The number of hydrogen-bond acceptors (Lipinski definition) is 5. The molecule has 2 amide bonds. The van der Waals surface area contributed by atoms with Gasteiger partial charge in [0, 0.05) is 24.3 Å². The zero-order valence-electron chi connectivity index (χ0n) is 20.7. The number of piperidine rings is 1. The fourth-order valence-corrected chi connectivity index (χ4v) is 5.13. The maximum absolute atomic E-state index is 12.8. The standard InChI is InChI=1S/C26H42N4O3/c1-19-11-9-12-20(2)30(19)26(32)29-23(25(31)33-3)15-8-6-4-5-7-14-22-17-16-21-13-10-18-27-24(21)28-22/h16-17,19-20,23H,4-15,18H2,1-3H3,(H,27,28)(H,29,32)/t19-,20+,23-/m0/s1. The normalized spacial score (nSPS) is 21.0. The minimum atomic E-state index is -0.573. The molecule has 7 nitrogen and oxygen atoms in total. The van der Waals surface area contributed by atoms with E-state index in [1.807, 2.05) is 4.90 Å². The lowest BCUT2D eigenvalue weighted by Gasteiger charge is -2.39. The molecule has 3 heterocycles. The fraction of sp³-hybridized carbons (Fsp3) is 0.731. The van der Waals surface area contributed by atoms with E-state index in [4.69, 9.17) is 9.72 Å². The van der Waals surface area contributed by atoms with Crippen molar-refractivity contribution in [2.75, 3.05) is 19.0 Å². The number of pyridine rings is 1. The number of amides is 2. The van der Waals surface area contributed by atoms with Crippen LogP contribution in [0.15, 0.2) is 12.1 Å². The van der Waals surface area contributed by atoms with E-state index in [9.17, 15) is 9.59 Å². The number of rotatable bonds is 10. The third-order valence-corrected chi connectivity index (χ3v) is 7.09. The van der Waals surface area contributed by atoms with E-state index in [0.29, 0.717) is 6.42 Å². The lowest BCUT2D eigenvalue weighted by Crippen LogP contribution is -2.55. The van der Waals surface area contributed by atoms with Crippen LogP contribution in [0, 0.1) is 0 Å². The summed E-state index contributed by atoms with van der Waals surface area (Å²) in [4.78, 5) is 31.8. The Hall–Kier alpha value is -2.31. The molecule has 0 bridgehead atoms. The van der Waals surface area contributed by atoms with Gasteiger partial charge in [-0.1, -0.05) is 31.7 Å². The maximum Gasteiger partial charge on any atom is 0.328 e. The monoisotopic (exact) mass is 458 g/mol. The second kappa shape index (κ2) is 12.8. The molecule has 1 fully saturated rings. The van der Waals surface area contributed by atoms with Crippen LogP contribution in [0.5, 0.6) is 0 Å². The molecule has 0 radical (unpaired) electrons. The van der Waals surface area contributed by atoms with Crippen LogP contribution in [0.1, 0.15) is 89.3 Å². The summed E-state index contributed by atoms with van der Waals surface area (Å²) in [5, 5.41) is 6.35. The lowest BCUT2D eigenvalue weighted by atomic mass is 9.98.